The number of rotatable bonds is 5. The van der Waals surface area contributed by atoms with Gasteiger partial charge in [-0.1, -0.05) is 0 Å². The van der Waals surface area contributed by atoms with Crippen molar-refractivity contribution in [2.75, 3.05) is 37.8 Å². The Bertz CT molecular complexity index is 851. The van der Waals surface area contributed by atoms with Crippen LogP contribution >= 0.6 is 0 Å². The minimum atomic E-state index is -0.461. The molecular weight excluding hydrogens is 373 g/mol. The Balaban J connectivity index is 1.57. The summed E-state index contributed by atoms with van der Waals surface area (Å²) in [6.07, 6.45) is 4.73. The van der Waals surface area contributed by atoms with Crippen molar-refractivity contribution < 1.29 is 14.0 Å². The molecule has 2 N–H and O–H groups in total. The summed E-state index contributed by atoms with van der Waals surface area (Å²) in [5, 5.41) is 5.31. The maximum Gasteiger partial charge on any atom is 0.323 e. The number of piperidine rings is 1. The van der Waals surface area contributed by atoms with E-state index in [9.17, 15) is 14.0 Å². The van der Waals surface area contributed by atoms with Gasteiger partial charge in [0.2, 0.25) is 5.91 Å². The molecule has 0 aliphatic carbocycles. The van der Waals surface area contributed by atoms with Crippen molar-refractivity contribution in [3.8, 4) is 0 Å². The highest BCUT2D eigenvalue weighted by atomic mass is 19.1. The predicted octanol–water partition coefficient (Wildman–Crippen LogP) is 3.16. The van der Waals surface area contributed by atoms with E-state index in [0.717, 1.165) is 31.5 Å². The molecule has 1 fully saturated rings. The zero-order chi connectivity index (χ0) is 20.8. The molecule has 1 aromatic heterocycles. The normalized spacial score (nSPS) is 15.0. The molecule has 1 saturated heterocycles. The lowest BCUT2D eigenvalue weighted by Gasteiger charge is -2.32. The molecule has 29 heavy (non-hydrogen) atoms. The number of nitrogens with one attached hydrogen (secondary N) is 2. The van der Waals surface area contributed by atoms with Crippen LogP contribution in [-0.4, -0.2) is 53.9 Å². The summed E-state index contributed by atoms with van der Waals surface area (Å²) in [7, 11) is 3.56. The number of carbonyl (C=O) groups excluding carboxylic acids is 2. The predicted molar refractivity (Wildman–Crippen MR) is 110 cm³/mol. The average molecular weight is 399 g/mol. The number of benzene rings is 1. The smallest absolute Gasteiger partial charge is 0.323 e. The average Bonchev–Trinajstić information content (AvgIpc) is 2.68. The van der Waals surface area contributed by atoms with Gasteiger partial charge in [-0.05, 0) is 61.8 Å². The zero-order valence-corrected chi connectivity index (χ0v) is 16.7. The van der Waals surface area contributed by atoms with E-state index in [-0.39, 0.29) is 11.8 Å². The molecular formula is C21H26FN5O2. The first kappa shape index (κ1) is 20.7. The second-order valence-electron chi connectivity index (χ2n) is 7.45. The topological polar surface area (TPSA) is 77.6 Å². The van der Waals surface area contributed by atoms with Gasteiger partial charge in [-0.15, -0.1) is 0 Å². The van der Waals surface area contributed by atoms with E-state index in [0.29, 0.717) is 17.9 Å². The first-order valence-corrected chi connectivity index (χ1v) is 9.62. The van der Waals surface area contributed by atoms with E-state index >= 15 is 0 Å². The minimum Gasteiger partial charge on any atom is -0.349 e. The number of amides is 3. The maximum absolute atomic E-state index is 14.1. The van der Waals surface area contributed by atoms with Crippen LogP contribution in [0.25, 0.3) is 0 Å². The summed E-state index contributed by atoms with van der Waals surface area (Å²) in [5.74, 6) is -0.180. The largest absolute Gasteiger partial charge is 0.349 e. The second kappa shape index (κ2) is 9.47. The van der Waals surface area contributed by atoms with Gasteiger partial charge in [0.05, 0.1) is 11.9 Å². The highest BCUT2D eigenvalue weighted by molar-refractivity contribution is 5.99. The second-order valence-corrected chi connectivity index (χ2v) is 7.45. The molecule has 2 heterocycles. The number of hydrogen-bond acceptors (Lipinski definition) is 4. The Labute approximate surface area is 169 Å². The van der Waals surface area contributed by atoms with Crippen molar-refractivity contribution in [2.24, 2.45) is 5.92 Å². The van der Waals surface area contributed by atoms with E-state index in [1.54, 1.807) is 43.4 Å². The number of likely N-dealkylation sites (tertiary alicyclic amines) is 1. The summed E-state index contributed by atoms with van der Waals surface area (Å²) in [4.78, 5) is 32.0. The van der Waals surface area contributed by atoms with Gasteiger partial charge in [0.25, 0.3) is 0 Å². The minimum absolute atomic E-state index is 0.0576. The van der Waals surface area contributed by atoms with Crippen molar-refractivity contribution in [1.29, 1.82) is 0 Å². The monoisotopic (exact) mass is 399 g/mol. The van der Waals surface area contributed by atoms with Gasteiger partial charge < -0.3 is 15.5 Å². The third kappa shape index (κ3) is 5.99. The van der Waals surface area contributed by atoms with Crippen molar-refractivity contribution in [1.82, 2.24) is 14.8 Å². The summed E-state index contributed by atoms with van der Waals surface area (Å²) in [5.41, 5.74) is 1.72. The highest BCUT2D eigenvalue weighted by Gasteiger charge is 2.26. The molecule has 0 spiro atoms. The number of urea groups is 1. The summed E-state index contributed by atoms with van der Waals surface area (Å²) < 4.78 is 14.1. The van der Waals surface area contributed by atoms with Gasteiger partial charge in [0.15, 0.2) is 0 Å². The van der Waals surface area contributed by atoms with Gasteiger partial charge in [-0.3, -0.25) is 14.7 Å². The van der Waals surface area contributed by atoms with Crippen LogP contribution in [0.5, 0.6) is 0 Å². The molecule has 1 aliphatic heterocycles. The van der Waals surface area contributed by atoms with Crippen LogP contribution in [0, 0.1) is 11.7 Å². The first-order valence-electron chi connectivity index (χ1n) is 9.62. The fraction of sp³-hybridized carbons (Fsp3) is 0.381. The van der Waals surface area contributed by atoms with Gasteiger partial charge >= 0.3 is 6.03 Å². The highest BCUT2D eigenvalue weighted by Crippen LogP contribution is 2.22. The van der Waals surface area contributed by atoms with Crippen LogP contribution in [0.4, 0.5) is 20.6 Å². The molecule has 1 aromatic carbocycles. The summed E-state index contributed by atoms with van der Waals surface area (Å²) in [6.45, 7) is 2.13. The first-order chi connectivity index (χ1) is 13.9. The number of aromatic nitrogens is 1. The molecule has 2 aromatic rings. The van der Waals surface area contributed by atoms with E-state index in [2.05, 4.69) is 20.5 Å². The molecule has 8 heteroatoms. The molecule has 7 nitrogen and oxygen atoms in total. The van der Waals surface area contributed by atoms with Crippen LogP contribution in [0.2, 0.25) is 0 Å². The van der Waals surface area contributed by atoms with Gasteiger partial charge in [-0.25, -0.2) is 9.18 Å². The number of pyridine rings is 1. The van der Waals surface area contributed by atoms with E-state index < -0.39 is 11.8 Å². The number of halogens is 1. The SMILES string of the molecule is CN(C)C(=O)C1CCN(Cc2cc(F)cc(NC(=O)Nc3cccnc3)c2)CC1. The zero-order valence-electron chi connectivity index (χ0n) is 16.7. The van der Waals surface area contributed by atoms with Gasteiger partial charge in [-0.2, -0.15) is 0 Å². The molecule has 3 amide bonds. The van der Waals surface area contributed by atoms with Crippen molar-refractivity contribution >= 4 is 23.3 Å². The fourth-order valence-corrected chi connectivity index (χ4v) is 3.51. The number of nitrogens with zero attached hydrogens (tertiary/aromatic N) is 3. The van der Waals surface area contributed by atoms with Crippen LogP contribution in [0.1, 0.15) is 18.4 Å². The lowest BCUT2D eigenvalue weighted by Crippen LogP contribution is -2.39. The quantitative estimate of drug-likeness (QED) is 0.810. The molecule has 0 bridgehead atoms. The molecule has 0 saturated carbocycles. The standard InChI is InChI=1S/C21H26FN5O2/c1-26(2)20(28)16-5-8-27(9-6-16)14-15-10-17(22)12-19(11-15)25-21(29)24-18-4-3-7-23-13-18/h3-4,7,10-13,16H,5-6,8-9,14H2,1-2H3,(H2,24,25,29). The van der Waals surface area contributed by atoms with E-state index in [1.165, 1.54) is 18.3 Å². The fourth-order valence-electron chi connectivity index (χ4n) is 3.51. The lowest BCUT2D eigenvalue weighted by molar-refractivity contribution is -0.134. The van der Waals surface area contributed by atoms with Crippen molar-refractivity contribution in [3.63, 3.8) is 0 Å². The third-order valence-corrected chi connectivity index (χ3v) is 4.92. The van der Waals surface area contributed by atoms with Crippen LogP contribution in [0.3, 0.4) is 0 Å². The molecule has 154 valence electrons. The summed E-state index contributed by atoms with van der Waals surface area (Å²) in [6, 6.07) is 7.50. The van der Waals surface area contributed by atoms with Crippen LogP contribution < -0.4 is 10.6 Å². The number of anilines is 2. The van der Waals surface area contributed by atoms with E-state index in [4.69, 9.17) is 0 Å². The molecule has 3 rings (SSSR count). The van der Waals surface area contributed by atoms with Crippen molar-refractivity contribution in [2.45, 2.75) is 19.4 Å². The Morgan fingerprint density at radius 1 is 1.17 bits per heavy atom. The van der Waals surface area contributed by atoms with E-state index in [1.807, 2.05) is 0 Å². The summed E-state index contributed by atoms with van der Waals surface area (Å²) >= 11 is 0. The molecule has 1 aliphatic rings. The Morgan fingerprint density at radius 2 is 1.90 bits per heavy atom. The Hall–Kier alpha value is -3.00. The third-order valence-electron chi connectivity index (χ3n) is 4.92. The van der Waals surface area contributed by atoms with Gasteiger partial charge in [0, 0.05) is 38.4 Å². The molecule has 0 atom stereocenters. The number of hydrogen-bond donors (Lipinski definition) is 2. The molecule has 0 radical (unpaired) electrons. The Morgan fingerprint density at radius 3 is 2.55 bits per heavy atom. The Kier molecular flexibility index (Phi) is 6.77. The van der Waals surface area contributed by atoms with Crippen molar-refractivity contribution in [3.05, 3.63) is 54.1 Å². The molecule has 0 unspecified atom stereocenters. The lowest BCUT2D eigenvalue weighted by atomic mass is 9.95. The van der Waals surface area contributed by atoms with Gasteiger partial charge in [0.1, 0.15) is 5.82 Å². The van der Waals surface area contributed by atoms with Crippen LogP contribution in [0.15, 0.2) is 42.7 Å². The van der Waals surface area contributed by atoms with Crippen LogP contribution in [-0.2, 0) is 11.3 Å². The number of carbonyl (C=O) groups is 2. The maximum atomic E-state index is 14.1.